The molecule has 0 aromatic rings. The number of piperazine rings is 1. The van der Waals surface area contributed by atoms with E-state index in [9.17, 15) is 14.4 Å². The van der Waals surface area contributed by atoms with E-state index in [-0.39, 0.29) is 30.2 Å². The number of allylic oxidation sites excluding steroid dienone is 1. The molecule has 0 aromatic heterocycles. The number of alkyl carbamates (subject to hydrolysis) is 1. The molecule has 0 atom stereocenters. The average Bonchev–Trinajstić information content (AvgIpc) is 2.52. The van der Waals surface area contributed by atoms with Crippen molar-refractivity contribution < 1.29 is 19.1 Å². The Morgan fingerprint density at radius 1 is 0.963 bits per heavy atom. The predicted octanol–water partition coefficient (Wildman–Crippen LogP) is 2.56. The van der Waals surface area contributed by atoms with Crippen molar-refractivity contribution in [2.75, 3.05) is 32.7 Å². The molecule has 7 heteroatoms. The molecular formula is C20H35N3O4. The number of carbonyl (C=O) groups is 3. The van der Waals surface area contributed by atoms with Gasteiger partial charge in [0.05, 0.1) is 0 Å². The smallest absolute Gasteiger partial charge is 0.407 e. The first-order valence-corrected chi connectivity index (χ1v) is 9.52. The number of nitrogens with one attached hydrogen (secondary N) is 1. The normalized spacial score (nSPS) is 16.2. The molecule has 0 unspecified atom stereocenters. The summed E-state index contributed by atoms with van der Waals surface area (Å²) in [6, 6.07) is 0. The molecule has 3 amide bonds. The van der Waals surface area contributed by atoms with Crippen LogP contribution in [0.2, 0.25) is 0 Å². The zero-order valence-corrected chi connectivity index (χ0v) is 17.8. The van der Waals surface area contributed by atoms with Crippen LogP contribution in [0.4, 0.5) is 4.79 Å². The highest BCUT2D eigenvalue weighted by molar-refractivity contribution is 5.88. The molecule has 1 aliphatic heterocycles. The van der Waals surface area contributed by atoms with Crippen molar-refractivity contribution >= 4 is 17.9 Å². The molecule has 0 spiro atoms. The molecule has 27 heavy (non-hydrogen) atoms. The molecule has 0 radical (unpaired) electrons. The third kappa shape index (κ3) is 8.45. The predicted molar refractivity (Wildman–Crippen MR) is 105 cm³/mol. The van der Waals surface area contributed by atoms with Crippen molar-refractivity contribution in [3.63, 3.8) is 0 Å². The van der Waals surface area contributed by atoms with E-state index >= 15 is 0 Å². The van der Waals surface area contributed by atoms with Crippen LogP contribution in [0.1, 0.15) is 54.9 Å². The minimum Gasteiger partial charge on any atom is -0.444 e. The first-order chi connectivity index (χ1) is 12.3. The summed E-state index contributed by atoms with van der Waals surface area (Å²) in [4.78, 5) is 39.7. The van der Waals surface area contributed by atoms with Crippen LogP contribution >= 0.6 is 0 Å². The van der Waals surface area contributed by atoms with Crippen molar-refractivity contribution in [3.8, 4) is 0 Å². The van der Waals surface area contributed by atoms with Crippen molar-refractivity contribution in [2.45, 2.75) is 60.5 Å². The van der Waals surface area contributed by atoms with Gasteiger partial charge in [0.15, 0.2) is 0 Å². The van der Waals surface area contributed by atoms with Crippen LogP contribution in [0.5, 0.6) is 0 Å². The number of ether oxygens (including phenoxy) is 1. The van der Waals surface area contributed by atoms with E-state index in [1.807, 2.05) is 6.92 Å². The summed E-state index contributed by atoms with van der Waals surface area (Å²) in [7, 11) is 0. The number of carbonyl (C=O) groups excluding carboxylic acids is 3. The number of nitrogens with zero attached hydrogens (tertiary/aromatic N) is 2. The van der Waals surface area contributed by atoms with Crippen molar-refractivity contribution in [3.05, 3.63) is 11.6 Å². The van der Waals surface area contributed by atoms with Gasteiger partial charge < -0.3 is 19.9 Å². The molecule has 0 saturated carbocycles. The van der Waals surface area contributed by atoms with Gasteiger partial charge in [0.2, 0.25) is 11.8 Å². The summed E-state index contributed by atoms with van der Waals surface area (Å²) in [5, 5.41) is 2.59. The van der Waals surface area contributed by atoms with Crippen LogP contribution in [0.25, 0.3) is 0 Å². The molecule has 1 fully saturated rings. The van der Waals surface area contributed by atoms with E-state index in [2.05, 4.69) is 26.1 Å². The van der Waals surface area contributed by atoms with Crippen LogP contribution in [0.3, 0.4) is 0 Å². The fourth-order valence-electron chi connectivity index (χ4n) is 2.41. The van der Waals surface area contributed by atoms with Gasteiger partial charge >= 0.3 is 6.09 Å². The summed E-state index contributed by atoms with van der Waals surface area (Å²) in [6.07, 6.45) is 1.39. The Morgan fingerprint density at radius 2 is 1.48 bits per heavy atom. The second-order valence-corrected chi connectivity index (χ2v) is 8.96. The van der Waals surface area contributed by atoms with E-state index in [1.165, 1.54) is 0 Å². The van der Waals surface area contributed by atoms with Gasteiger partial charge in [0.25, 0.3) is 0 Å². The summed E-state index contributed by atoms with van der Waals surface area (Å²) in [5.74, 6) is -0.0271. The summed E-state index contributed by atoms with van der Waals surface area (Å²) in [5.41, 5.74) is 0.449. The first-order valence-electron chi connectivity index (χ1n) is 9.52. The number of amides is 3. The zero-order valence-electron chi connectivity index (χ0n) is 17.8. The van der Waals surface area contributed by atoms with Gasteiger partial charge in [-0.25, -0.2) is 4.79 Å². The van der Waals surface area contributed by atoms with E-state index in [0.29, 0.717) is 26.2 Å². The standard InChI is InChI=1S/C20H35N3O4/c1-15(19(2,3)4)14-17(25)23-12-10-22(11-13-23)16(24)8-9-21-18(26)27-20(5,6)7/h14H,8-13H2,1-7H3,(H,21,26)/b15-14+. The Bertz CT molecular complexity index is 577. The van der Waals surface area contributed by atoms with Crippen molar-refractivity contribution in [1.82, 2.24) is 15.1 Å². The monoisotopic (exact) mass is 381 g/mol. The van der Waals surface area contributed by atoms with Gasteiger partial charge in [-0.3, -0.25) is 9.59 Å². The summed E-state index contributed by atoms with van der Waals surface area (Å²) < 4.78 is 5.14. The van der Waals surface area contributed by atoms with Gasteiger partial charge in [0, 0.05) is 45.2 Å². The fraction of sp³-hybridized carbons (Fsp3) is 0.750. The Hall–Kier alpha value is -2.05. The maximum Gasteiger partial charge on any atom is 0.407 e. The topological polar surface area (TPSA) is 79.0 Å². The van der Waals surface area contributed by atoms with E-state index in [4.69, 9.17) is 4.74 Å². The largest absolute Gasteiger partial charge is 0.444 e. The van der Waals surface area contributed by atoms with Gasteiger partial charge in [-0.05, 0) is 33.1 Å². The minimum absolute atomic E-state index is 0.00103. The molecule has 154 valence electrons. The van der Waals surface area contributed by atoms with Crippen LogP contribution in [-0.4, -0.2) is 66.0 Å². The fourth-order valence-corrected chi connectivity index (χ4v) is 2.41. The lowest BCUT2D eigenvalue weighted by molar-refractivity contribution is -0.137. The SMILES string of the molecule is C/C(=C\C(=O)N1CCN(C(=O)CCNC(=O)OC(C)(C)C)CC1)C(C)(C)C. The lowest BCUT2D eigenvalue weighted by Crippen LogP contribution is -2.50. The van der Waals surface area contributed by atoms with Crippen molar-refractivity contribution in [2.24, 2.45) is 5.41 Å². The molecule has 1 saturated heterocycles. The maximum atomic E-state index is 12.4. The summed E-state index contributed by atoms with van der Waals surface area (Å²) in [6.45, 7) is 15.9. The molecule has 0 bridgehead atoms. The second-order valence-electron chi connectivity index (χ2n) is 8.96. The molecule has 1 aliphatic rings. The Kier molecular flexibility index (Phi) is 7.87. The van der Waals surface area contributed by atoms with Gasteiger partial charge in [0.1, 0.15) is 5.60 Å². The lowest BCUT2D eigenvalue weighted by Gasteiger charge is -2.34. The number of hydrogen-bond donors (Lipinski definition) is 1. The third-order valence-electron chi connectivity index (χ3n) is 4.47. The van der Waals surface area contributed by atoms with Gasteiger partial charge in [-0.1, -0.05) is 26.3 Å². The highest BCUT2D eigenvalue weighted by atomic mass is 16.6. The van der Waals surface area contributed by atoms with Crippen LogP contribution in [-0.2, 0) is 14.3 Å². The number of hydrogen-bond acceptors (Lipinski definition) is 4. The molecule has 7 nitrogen and oxygen atoms in total. The first kappa shape index (κ1) is 23.0. The van der Waals surface area contributed by atoms with E-state index < -0.39 is 11.7 Å². The molecule has 1 N–H and O–H groups in total. The van der Waals surface area contributed by atoms with Crippen LogP contribution in [0.15, 0.2) is 11.6 Å². The third-order valence-corrected chi connectivity index (χ3v) is 4.47. The highest BCUT2D eigenvalue weighted by Gasteiger charge is 2.24. The molecular weight excluding hydrogens is 346 g/mol. The Morgan fingerprint density at radius 3 is 1.96 bits per heavy atom. The van der Waals surface area contributed by atoms with Crippen molar-refractivity contribution in [1.29, 1.82) is 0 Å². The van der Waals surface area contributed by atoms with E-state index in [0.717, 1.165) is 5.57 Å². The lowest BCUT2D eigenvalue weighted by atomic mass is 9.87. The second kappa shape index (κ2) is 9.24. The molecule has 0 aromatic carbocycles. The Balaban J connectivity index is 2.38. The Labute approximate surface area is 163 Å². The maximum absolute atomic E-state index is 12.4. The quantitative estimate of drug-likeness (QED) is 0.759. The van der Waals surface area contributed by atoms with E-state index in [1.54, 1.807) is 36.6 Å². The molecule has 0 aliphatic carbocycles. The summed E-state index contributed by atoms with van der Waals surface area (Å²) >= 11 is 0. The minimum atomic E-state index is -0.559. The van der Waals surface area contributed by atoms with Gasteiger partial charge in [-0.2, -0.15) is 0 Å². The molecule has 1 rings (SSSR count). The zero-order chi connectivity index (χ0) is 20.8. The van der Waals surface area contributed by atoms with Crippen LogP contribution in [0, 0.1) is 5.41 Å². The molecule has 1 heterocycles. The van der Waals surface area contributed by atoms with Gasteiger partial charge in [-0.15, -0.1) is 0 Å². The number of rotatable bonds is 4. The highest BCUT2D eigenvalue weighted by Crippen LogP contribution is 2.24. The average molecular weight is 382 g/mol. The van der Waals surface area contributed by atoms with Crippen LogP contribution < -0.4 is 5.32 Å².